The predicted octanol–water partition coefficient (Wildman–Crippen LogP) is 15.8. The summed E-state index contributed by atoms with van der Waals surface area (Å²) < 4.78 is 34.0. The van der Waals surface area contributed by atoms with Crippen LogP contribution >= 0.6 is 7.82 Å². The van der Waals surface area contributed by atoms with Crippen molar-refractivity contribution in [3.63, 3.8) is 0 Å². The van der Waals surface area contributed by atoms with Crippen LogP contribution in [0.5, 0.6) is 0 Å². The van der Waals surface area contributed by atoms with Crippen molar-refractivity contribution in [2.75, 3.05) is 47.5 Å². The second kappa shape index (κ2) is 49.4. The lowest BCUT2D eigenvalue weighted by molar-refractivity contribution is -0.870. The molecule has 0 heterocycles. The molecule has 10 heteroatoms. The molecule has 0 saturated carbocycles. The van der Waals surface area contributed by atoms with E-state index in [2.05, 4.69) is 129 Å². The number of esters is 2. The van der Waals surface area contributed by atoms with Crippen LogP contribution in [0.2, 0.25) is 0 Å². The number of hydrogen-bond donors (Lipinski definition) is 0. The molecule has 0 spiro atoms. The van der Waals surface area contributed by atoms with Crippen LogP contribution in [0.3, 0.4) is 0 Å². The number of likely N-dealkylation sites (N-methyl/N-ethyl adjacent to an activating group) is 1. The molecule has 69 heavy (non-hydrogen) atoms. The average Bonchev–Trinajstić information content (AvgIpc) is 3.31. The molecule has 0 N–H and O–H groups in total. The van der Waals surface area contributed by atoms with Crippen molar-refractivity contribution >= 4 is 19.8 Å². The fourth-order valence-corrected chi connectivity index (χ4v) is 7.32. The van der Waals surface area contributed by atoms with Gasteiger partial charge in [-0.3, -0.25) is 14.2 Å². The third-order valence-electron chi connectivity index (χ3n) is 10.7. The van der Waals surface area contributed by atoms with Gasteiger partial charge in [-0.05, 0) is 103 Å². The van der Waals surface area contributed by atoms with E-state index in [9.17, 15) is 19.0 Å². The maximum Gasteiger partial charge on any atom is 0.306 e. The van der Waals surface area contributed by atoms with Crippen molar-refractivity contribution < 1.29 is 42.1 Å². The molecular weight excluding hydrogens is 882 g/mol. The molecule has 2 atom stereocenters. The Morgan fingerprint density at radius 3 is 1.29 bits per heavy atom. The second-order valence-electron chi connectivity index (χ2n) is 18.5. The Morgan fingerprint density at radius 2 is 0.841 bits per heavy atom. The molecule has 0 fully saturated rings. The average molecular weight is 980 g/mol. The molecule has 9 nitrogen and oxygen atoms in total. The van der Waals surface area contributed by atoms with Crippen LogP contribution in [0, 0.1) is 0 Å². The van der Waals surface area contributed by atoms with E-state index in [1.807, 2.05) is 27.2 Å². The standard InChI is InChI=1S/C59H98NO8P/c1-6-8-10-12-14-16-18-20-22-24-25-26-27-28-29-30-31-32-33-34-35-36-38-40-42-44-46-48-50-52-59(62)68-57(56-67-69(63,64)66-54-53-60(3,4)5)55-65-58(61)51-49-47-45-43-41-39-37-23-21-19-17-15-13-11-9-7-2/h8,10,14,16,20,22-23,25-26,28-29,31-32,34-35,37-38,40,44,46,57H,6-7,9,11-13,15,17-19,21,24,27,30,33,36,39,41-43,45,47-56H2,1-5H3/b10-8-,16-14-,22-20-,26-25-,29-28-,32-31-,35-34-,37-23-,40-38-,46-44-. The Morgan fingerprint density at radius 1 is 0.464 bits per heavy atom. The zero-order valence-electron chi connectivity index (χ0n) is 44.2. The molecular formula is C59H98NO8P. The fourth-order valence-electron chi connectivity index (χ4n) is 6.59. The third kappa shape index (κ3) is 53.6. The zero-order valence-corrected chi connectivity index (χ0v) is 45.1. The Labute approximate surface area is 422 Å². The van der Waals surface area contributed by atoms with Gasteiger partial charge in [-0.2, -0.15) is 0 Å². The molecule has 0 aromatic rings. The molecule has 0 saturated heterocycles. The predicted molar refractivity (Wildman–Crippen MR) is 291 cm³/mol. The van der Waals surface area contributed by atoms with Crippen molar-refractivity contribution in [2.45, 2.75) is 193 Å². The summed E-state index contributed by atoms with van der Waals surface area (Å²) >= 11 is 0. The van der Waals surface area contributed by atoms with Gasteiger partial charge in [0.15, 0.2) is 6.10 Å². The lowest BCUT2D eigenvalue weighted by Crippen LogP contribution is -2.37. The topological polar surface area (TPSA) is 111 Å². The van der Waals surface area contributed by atoms with Gasteiger partial charge < -0.3 is 27.9 Å². The number of hydrogen-bond acceptors (Lipinski definition) is 8. The van der Waals surface area contributed by atoms with Gasteiger partial charge in [-0.25, -0.2) is 0 Å². The van der Waals surface area contributed by atoms with E-state index in [1.165, 1.54) is 51.4 Å². The Bertz CT molecular complexity index is 1580. The van der Waals surface area contributed by atoms with Crippen LogP contribution < -0.4 is 4.89 Å². The molecule has 0 aromatic carbocycles. The highest BCUT2D eigenvalue weighted by atomic mass is 31.2. The summed E-state index contributed by atoms with van der Waals surface area (Å²) in [6.07, 6.45) is 69.6. The summed E-state index contributed by atoms with van der Waals surface area (Å²) in [7, 11) is 1.11. The van der Waals surface area contributed by atoms with E-state index in [-0.39, 0.29) is 26.1 Å². The van der Waals surface area contributed by atoms with Gasteiger partial charge >= 0.3 is 11.9 Å². The van der Waals surface area contributed by atoms with Gasteiger partial charge in [-0.1, -0.05) is 193 Å². The van der Waals surface area contributed by atoms with Gasteiger partial charge in [0.1, 0.15) is 19.8 Å². The summed E-state index contributed by atoms with van der Waals surface area (Å²) in [6, 6.07) is 0. The number of carbonyl (C=O) groups is 2. The quantitative estimate of drug-likeness (QED) is 0.0195. The van der Waals surface area contributed by atoms with Gasteiger partial charge in [0, 0.05) is 12.8 Å². The minimum atomic E-state index is -4.66. The van der Waals surface area contributed by atoms with E-state index < -0.39 is 32.5 Å². The van der Waals surface area contributed by atoms with Crippen LogP contribution in [0.1, 0.15) is 187 Å². The molecule has 0 aliphatic carbocycles. The van der Waals surface area contributed by atoms with E-state index in [1.54, 1.807) is 0 Å². The molecule has 0 amide bonds. The van der Waals surface area contributed by atoms with Gasteiger partial charge in [-0.15, -0.1) is 0 Å². The van der Waals surface area contributed by atoms with Crippen LogP contribution in [0.25, 0.3) is 0 Å². The van der Waals surface area contributed by atoms with E-state index in [0.717, 1.165) is 89.9 Å². The lowest BCUT2D eigenvalue weighted by atomic mass is 10.1. The second-order valence-corrected chi connectivity index (χ2v) is 19.9. The number of phosphoric acid groups is 1. The maximum atomic E-state index is 12.7. The molecule has 0 rings (SSSR count). The van der Waals surface area contributed by atoms with E-state index >= 15 is 0 Å². The number of nitrogens with zero attached hydrogens (tertiary/aromatic N) is 1. The highest BCUT2D eigenvalue weighted by Gasteiger charge is 2.21. The maximum absolute atomic E-state index is 12.7. The first kappa shape index (κ1) is 65.4. The first-order chi connectivity index (χ1) is 33.5. The minimum Gasteiger partial charge on any atom is -0.756 e. The first-order valence-electron chi connectivity index (χ1n) is 26.7. The number of unbranched alkanes of at least 4 members (excludes halogenated alkanes) is 13. The van der Waals surface area contributed by atoms with Crippen molar-refractivity contribution in [1.29, 1.82) is 0 Å². The van der Waals surface area contributed by atoms with Gasteiger partial charge in [0.05, 0.1) is 27.7 Å². The third-order valence-corrected chi connectivity index (χ3v) is 11.7. The van der Waals surface area contributed by atoms with Crippen molar-refractivity contribution in [2.24, 2.45) is 0 Å². The number of carbonyl (C=O) groups excluding carboxylic acids is 2. The summed E-state index contributed by atoms with van der Waals surface area (Å²) in [6.45, 7) is 4.02. The number of ether oxygens (including phenoxy) is 2. The summed E-state index contributed by atoms with van der Waals surface area (Å²) in [5.74, 6) is -0.923. The molecule has 0 radical (unpaired) electrons. The highest BCUT2D eigenvalue weighted by Crippen LogP contribution is 2.38. The Hall–Kier alpha value is -3.59. The molecule has 0 aliphatic rings. The van der Waals surface area contributed by atoms with Crippen LogP contribution in [-0.4, -0.2) is 70.0 Å². The minimum absolute atomic E-state index is 0.0498. The summed E-state index contributed by atoms with van der Waals surface area (Å²) in [5, 5.41) is 0. The number of quaternary nitrogens is 1. The van der Waals surface area contributed by atoms with Crippen molar-refractivity contribution in [1.82, 2.24) is 0 Å². The van der Waals surface area contributed by atoms with Gasteiger partial charge in [0.2, 0.25) is 0 Å². The SMILES string of the molecule is CC/C=C\C/C=C\C/C=C\C/C=C\C/C=C\C/C=C\C/C=C\C/C=C\C/C=C\CCCC(=O)OC(COC(=O)CCCCCCC/C=C\CCCCCCCCC)COP(=O)([O-])OCC[N+](C)(C)C. The van der Waals surface area contributed by atoms with Crippen molar-refractivity contribution in [3.8, 4) is 0 Å². The van der Waals surface area contributed by atoms with E-state index in [0.29, 0.717) is 30.3 Å². The molecule has 392 valence electrons. The summed E-state index contributed by atoms with van der Waals surface area (Å²) in [4.78, 5) is 37.7. The van der Waals surface area contributed by atoms with Crippen molar-refractivity contribution in [3.05, 3.63) is 122 Å². The first-order valence-corrected chi connectivity index (χ1v) is 28.2. The zero-order chi connectivity index (χ0) is 50.6. The summed E-state index contributed by atoms with van der Waals surface area (Å²) in [5.41, 5.74) is 0. The Kier molecular flexibility index (Phi) is 46.8. The normalized spacial score (nSPS) is 14.3. The molecule has 0 bridgehead atoms. The fraction of sp³-hybridized carbons (Fsp3) is 0.627. The molecule has 2 unspecified atom stereocenters. The van der Waals surface area contributed by atoms with E-state index in [4.69, 9.17) is 18.5 Å². The lowest BCUT2D eigenvalue weighted by Gasteiger charge is -2.28. The number of rotatable bonds is 47. The van der Waals surface area contributed by atoms with Gasteiger partial charge in [0.25, 0.3) is 7.82 Å². The van der Waals surface area contributed by atoms with Crippen LogP contribution in [-0.2, 0) is 32.7 Å². The monoisotopic (exact) mass is 980 g/mol. The number of allylic oxidation sites excluding steroid dienone is 20. The molecule has 0 aromatic heterocycles. The van der Waals surface area contributed by atoms with Crippen LogP contribution in [0.4, 0.5) is 0 Å². The Balaban J connectivity index is 4.38. The largest absolute Gasteiger partial charge is 0.756 e. The molecule has 0 aliphatic heterocycles. The number of phosphoric ester groups is 1. The smallest absolute Gasteiger partial charge is 0.306 e. The highest BCUT2D eigenvalue weighted by molar-refractivity contribution is 7.45. The van der Waals surface area contributed by atoms with Crippen LogP contribution in [0.15, 0.2) is 122 Å².